The quantitative estimate of drug-likeness (QED) is 0.758. The average Bonchev–Trinajstić information content (AvgIpc) is 2.77. The molecule has 0 aliphatic rings. The minimum atomic E-state index is 0.515. The molecule has 1 heterocycles. The molecule has 1 aromatic heterocycles. The highest BCUT2D eigenvalue weighted by Crippen LogP contribution is 2.18. The minimum absolute atomic E-state index is 0.515. The van der Waals surface area contributed by atoms with E-state index in [0.717, 1.165) is 24.2 Å². The number of ether oxygens (including phenoxy) is 1. The first-order valence-corrected chi connectivity index (χ1v) is 5.87. The van der Waals surface area contributed by atoms with Crippen molar-refractivity contribution in [1.29, 1.82) is 0 Å². The van der Waals surface area contributed by atoms with Crippen molar-refractivity contribution < 1.29 is 9.53 Å². The Morgan fingerprint density at radius 3 is 2.89 bits per heavy atom. The zero-order chi connectivity index (χ0) is 13.0. The zero-order valence-electron chi connectivity index (χ0n) is 10.6. The molecule has 0 unspecified atom stereocenters. The molecule has 0 aliphatic heterocycles. The first-order chi connectivity index (χ1) is 8.70. The van der Waals surface area contributed by atoms with Crippen molar-refractivity contribution in [3.63, 3.8) is 0 Å². The summed E-state index contributed by atoms with van der Waals surface area (Å²) in [5.41, 5.74) is 1.65. The van der Waals surface area contributed by atoms with Gasteiger partial charge in [0.1, 0.15) is 18.2 Å². The molecule has 4 nitrogen and oxygen atoms in total. The maximum absolute atomic E-state index is 10.9. The van der Waals surface area contributed by atoms with E-state index in [0.29, 0.717) is 17.9 Å². The molecule has 0 saturated carbocycles. The van der Waals surface area contributed by atoms with E-state index in [1.165, 1.54) is 0 Å². The Balaban J connectivity index is 1.98. The Morgan fingerprint density at radius 1 is 1.39 bits per heavy atom. The van der Waals surface area contributed by atoms with Gasteiger partial charge in [0.05, 0.1) is 12.1 Å². The van der Waals surface area contributed by atoms with Crippen LogP contribution in [0.1, 0.15) is 21.7 Å². The Labute approximate surface area is 106 Å². The smallest absolute Gasteiger partial charge is 0.153 e. The summed E-state index contributed by atoms with van der Waals surface area (Å²) in [6.45, 7) is 5.13. The van der Waals surface area contributed by atoms with Gasteiger partial charge in [-0.1, -0.05) is 11.6 Å². The summed E-state index contributed by atoms with van der Waals surface area (Å²) in [4.78, 5) is 15.1. The van der Waals surface area contributed by atoms with E-state index in [4.69, 9.17) is 4.74 Å². The van der Waals surface area contributed by atoms with Crippen LogP contribution in [0.25, 0.3) is 0 Å². The SMILES string of the molecule is Cc1ccc(OCCn2ccnc2C)c(C=O)c1. The van der Waals surface area contributed by atoms with E-state index in [-0.39, 0.29) is 0 Å². The molecule has 2 rings (SSSR count). The number of carbonyl (C=O) groups excluding carboxylic acids is 1. The topological polar surface area (TPSA) is 44.1 Å². The first-order valence-electron chi connectivity index (χ1n) is 5.87. The highest BCUT2D eigenvalue weighted by molar-refractivity contribution is 5.79. The predicted molar refractivity (Wildman–Crippen MR) is 69.0 cm³/mol. The minimum Gasteiger partial charge on any atom is -0.491 e. The maximum Gasteiger partial charge on any atom is 0.153 e. The molecule has 0 atom stereocenters. The van der Waals surface area contributed by atoms with Crippen LogP contribution in [0.4, 0.5) is 0 Å². The average molecular weight is 244 g/mol. The number of imidazole rings is 1. The first kappa shape index (κ1) is 12.4. The van der Waals surface area contributed by atoms with Gasteiger partial charge in [-0.25, -0.2) is 4.98 Å². The van der Waals surface area contributed by atoms with Crippen LogP contribution in [-0.4, -0.2) is 22.4 Å². The lowest BCUT2D eigenvalue weighted by Gasteiger charge is -2.10. The van der Waals surface area contributed by atoms with Gasteiger partial charge in [0.25, 0.3) is 0 Å². The Morgan fingerprint density at radius 2 is 2.22 bits per heavy atom. The van der Waals surface area contributed by atoms with Crippen molar-refractivity contribution in [2.24, 2.45) is 0 Å². The summed E-state index contributed by atoms with van der Waals surface area (Å²) in [6, 6.07) is 5.59. The monoisotopic (exact) mass is 244 g/mol. The molecular weight excluding hydrogens is 228 g/mol. The molecular formula is C14H16N2O2. The number of aromatic nitrogens is 2. The molecule has 0 aliphatic carbocycles. The normalized spacial score (nSPS) is 10.3. The number of hydrogen-bond acceptors (Lipinski definition) is 3. The second kappa shape index (κ2) is 5.49. The van der Waals surface area contributed by atoms with Gasteiger partial charge in [-0.3, -0.25) is 4.79 Å². The lowest BCUT2D eigenvalue weighted by atomic mass is 10.1. The van der Waals surface area contributed by atoms with E-state index in [1.807, 2.05) is 42.8 Å². The van der Waals surface area contributed by atoms with E-state index < -0.39 is 0 Å². The fourth-order valence-corrected chi connectivity index (χ4v) is 1.79. The van der Waals surface area contributed by atoms with Crippen molar-refractivity contribution in [1.82, 2.24) is 9.55 Å². The number of nitrogens with zero attached hydrogens (tertiary/aromatic N) is 2. The van der Waals surface area contributed by atoms with Crippen LogP contribution in [-0.2, 0) is 6.54 Å². The van der Waals surface area contributed by atoms with Gasteiger partial charge >= 0.3 is 0 Å². The maximum atomic E-state index is 10.9. The second-order valence-electron chi connectivity index (χ2n) is 4.18. The summed E-state index contributed by atoms with van der Waals surface area (Å²) >= 11 is 0. The predicted octanol–water partition coefficient (Wildman–Crippen LogP) is 2.39. The van der Waals surface area contributed by atoms with Crippen LogP contribution in [0, 0.1) is 13.8 Å². The van der Waals surface area contributed by atoms with Crippen molar-refractivity contribution in [2.75, 3.05) is 6.61 Å². The molecule has 2 aromatic rings. The van der Waals surface area contributed by atoms with Gasteiger partial charge in [0, 0.05) is 12.4 Å². The highest BCUT2D eigenvalue weighted by atomic mass is 16.5. The largest absolute Gasteiger partial charge is 0.491 e. The molecule has 1 aromatic carbocycles. The van der Waals surface area contributed by atoms with Gasteiger partial charge in [0.15, 0.2) is 6.29 Å². The van der Waals surface area contributed by atoms with Crippen molar-refractivity contribution in [2.45, 2.75) is 20.4 Å². The summed E-state index contributed by atoms with van der Waals surface area (Å²) < 4.78 is 7.64. The summed E-state index contributed by atoms with van der Waals surface area (Å²) in [5, 5.41) is 0. The summed E-state index contributed by atoms with van der Waals surface area (Å²) in [7, 11) is 0. The van der Waals surface area contributed by atoms with Gasteiger partial charge in [0.2, 0.25) is 0 Å². The van der Waals surface area contributed by atoms with Gasteiger partial charge in [-0.05, 0) is 26.0 Å². The summed E-state index contributed by atoms with van der Waals surface area (Å²) in [6.07, 6.45) is 4.50. The molecule has 0 amide bonds. The van der Waals surface area contributed by atoms with Crippen molar-refractivity contribution >= 4 is 6.29 Å². The summed E-state index contributed by atoms with van der Waals surface area (Å²) in [5.74, 6) is 1.59. The molecule has 4 heteroatoms. The van der Waals surface area contributed by atoms with Gasteiger partial charge in [-0.2, -0.15) is 0 Å². The Hall–Kier alpha value is -2.10. The Kier molecular flexibility index (Phi) is 3.77. The molecule has 0 saturated heterocycles. The fourth-order valence-electron chi connectivity index (χ4n) is 1.79. The van der Waals surface area contributed by atoms with E-state index in [9.17, 15) is 4.79 Å². The van der Waals surface area contributed by atoms with Crippen LogP contribution < -0.4 is 4.74 Å². The van der Waals surface area contributed by atoms with Gasteiger partial charge < -0.3 is 9.30 Å². The molecule has 94 valence electrons. The molecule has 0 fully saturated rings. The third-order valence-corrected chi connectivity index (χ3v) is 2.81. The van der Waals surface area contributed by atoms with Crippen LogP contribution in [0.15, 0.2) is 30.6 Å². The molecule has 18 heavy (non-hydrogen) atoms. The standard InChI is InChI=1S/C14H16N2O2/c1-11-3-4-14(13(9-11)10-17)18-8-7-16-6-5-15-12(16)2/h3-6,9-10H,7-8H2,1-2H3. The molecule has 0 N–H and O–H groups in total. The third-order valence-electron chi connectivity index (χ3n) is 2.81. The highest BCUT2D eigenvalue weighted by Gasteiger charge is 2.03. The van der Waals surface area contributed by atoms with E-state index >= 15 is 0 Å². The number of hydrogen-bond donors (Lipinski definition) is 0. The zero-order valence-corrected chi connectivity index (χ0v) is 10.6. The van der Waals surface area contributed by atoms with E-state index in [1.54, 1.807) is 6.20 Å². The Bertz CT molecular complexity index is 546. The van der Waals surface area contributed by atoms with Crippen LogP contribution in [0.2, 0.25) is 0 Å². The van der Waals surface area contributed by atoms with Gasteiger partial charge in [-0.15, -0.1) is 0 Å². The lowest BCUT2D eigenvalue weighted by molar-refractivity contribution is 0.111. The number of benzene rings is 1. The second-order valence-corrected chi connectivity index (χ2v) is 4.18. The van der Waals surface area contributed by atoms with Crippen molar-refractivity contribution in [3.05, 3.63) is 47.5 Å². The third kappa shape index (κ3) is 2.77. The number of carbonyl (C=O) groups is 1. The van der Waals surface area contributed by atoms with Crippen LogP contribution in [0.5, 0.6) is 5.75 Å². The van der Waals surface area contributed by atoms with Crippen LogP contribution >= 0.6 is 0 Å². The molecule has 0 radical (unpaired) electrons. The van der Waals surface area contributed by atoms with E-state index in [2.05, 4.69) is 4.98 Å². The fraction of sp³-hybridized carbons (Fsp3) is 0.286. The molecule has 0 bridgehead atoms. The van der Waals surface area contributed by atoms with Crippen molar-refractivity contribution in [3.8, 4) is 5.75 Å². The number of aldehydes is 1. The number of rotatable bonds is 5. The lowest BCUT2D eigenvalue weighted by Crippen LogP contribution is -2.09. The van der Waals surface area contributed by atoms with Crippen LogP contribution in [0.3, 0.4) is 0 Å². The number of aryl methyl sites for hydroxylation is 2. The molecule has 0 spiro atoms.